The maximum atomic E-state index is 12.4. The van der Waals surface area contributed by atoms with E-state index in [1.54, 1.807) is 12.1 Å². The van der Waals surface area contributed by atoms with Crippen LogP contribution in [0.25, 0.3) is 0 Å². The first-order chi connectivity index (χ1) is 10.3. The van der Waals surface area contributed by atoms with Crippen molar-refractivity contribution in [1.82, 2.24) is 10.1 Å². The Morgan fingerprint density at radius 2 is 1.95 bits per heavy atom. The lowest BCUT2D eigenvalue weighted by molar-refractivity contribution is -0.159. The van der Waals surface area contributed by atoms with Crippen LogP contribution in [-0.4, -0.2) is 16.0 Å². The zero-order chi connectivity index (χ0) is 16.3. The summed E-state index contributed by atoms with van der Waals surface area (Å²) in [5.74, 6) is -3.13. The Bertz CT molecular complexity index is 650. The van der Waals surface area contributed by atoms with E-state index < -0.39 is 23.9 Å². The predicted octanol–water partition coefficient (Wildman–Crippen LogP) is 2.46. The van der Waals surface area contributed by atoms with E-state index in [2.05, 4.69) is 14.7 Å². The van der Waals surface area contributed by atoms with Crippen LogP contribution >= 0.6 is 0 Å². The molecule has 118 valence electrons. The second-order valence-electron chi connectivity index (χ2n) is 4.77. The van der Waals surface area contributed by atoms with Gasteiger partial charge in [-0.25, -0.2) is 0 Å². The second-order valence-corrected chi connectivity index (χ2v) is 4.77. The molecule has 1 amide bonds. The number of hydrogen-bond donors (Lipinski definition) is 1. The molecule has 0 spiro atoms. The first kappa shape index (κ1) is 16.0. The largest absolute Gasteiger partial charge is 0.471 e. The van der Waals surface area contributed by atoms with Crippen LogP contribution in [0.2, 0.25) is 0 Å². The monoisotopic (exact) mass is 313 g/mol. The molecule has 0 fully saturated rings. The minimum Gasteiger partial charge on any atom is -0.369 e. The SMILES string of the molecule is CCc1ccc(C(Cc2noc(C(F)(F)F)n2)C(N)=O)cc1. The summed E-state index contributed by atoms with van der Waals surface area (Å²) < 4.78 is 41.4. The quantitative estimate of drug-likeness (QED) is 0.919. The molecule has 0 radical (unpaired) electrons. The lowest BCUT2D eigenvalue weighted by Gasteiger charge is -2.12. The number of aryl methyl sites for hydroxylation is 1. The molecule has 1 aromatic carbocycles. The van der Waals surface area contributed by atoms with Gasteiger partial charge in [0, 0.05) is 6.42 Å². The van der Waals surface area contributed by atoms with Crippen molar-refractivity contribution in [3.8, 4) is 0 Å². The van der Waals surface area contributed by atoms with Gasteiger partial charge in [0.05, 0.1) is 5.92 Å². The first-order valence-electron chi connectivity index (χ1n) is 6.59. The van der Waals surface area contributed by atoms with E-state index in [9.17, 15) is 18.0 Å². The number of carbonyl (C=O) groups is 1. The number of alkyl halides is 3. The Labute approximate surface area is 124 Å². The Hall–Kier alpha value is -2.38. The molecule has 2 aromatic rings. The van der Waals surface area contributed by atoms with Gasteiger partial charge in [-0.05, 0) is 17.5 Å². The summed E-state index contributed by atoms with van der Waals surface area (Å²) in [5.41, 5.74) is 7.01. The number of amides is 1. The molecule has 0 saturated carbocycles. The van der Waals surface area contributed by atoms with Crippen LogP contribution in [0.15, 0.2) is 28.8 Å². The number of rotatable bonds is 5. The van der Waals surface area contributed by atoms with E-state index >= 15 is 0 Å². The van der Waals surface area contributed by atoms with Crippen LogP contribution in [0.3, 0.4) is 0 Å². The van der Waals surface area contributed by atoms with Gasteiger partial charge >= 0.3 is 12.1 Å². The Kier molecular flexibility index (Phi) is 4.48. The fourth-order valence-corrected chi connectivity index (χ4v) is 2.00. The fraction of sp³-hybridized carbons (Fsp3) is 0.357. The molecule has 5 nitrogen and oxygen atoms in total. The molecule has 0 aliphatic carbocycles. The Morgan fingerprint density at radius 1 is 1.32 bits per heavy atom. The van der Waals surface area contributed by atoms with Crippen molar-refractivity contribution in [1.29, 1.82) is 0 Å². The molecule has 0 aliphatic heterocycles. The summed E-state index contributed by atoms with van der Waals surface area (Å²) >= 11 is 0. The highest BCUT2D eigenvalue weighted by Gasteiger charge is 2.38. The third kappa shape index (κ3) is 3.63. The number of nitrogens with zero attached hydrogens (tertiary/aromatic N) is 2. The summed E-state index contributed by atoms with van der Waals surface area (Å²) in [7, 11) is 0. The van der Waals surface area contributed by atoms with Crippen LogP contribution in [-0.2, 0) is 23.8 Å². The summed E-state index contributed by atoms with van der Waals surface area (Å²) in [5, 5.41) is 3.25. The summed E-state index contributed by atoms with van der Waals surface area (Å²) in [6, 6.07) is 7.11. The molecule has 2 N–H and O–H groups in total. The number of halogens is 3. The lowest BCUT2D eigenvalue weighted by Crippen LogP contribution is -2.23. The molecule has 0 saturated heterocycles. The van der Waals surface area contributed by atoms with E-state index in [-0.39, 0.29) is 12.2 Å². The molecular formula is C14H14F3N3O2. The maximum absolute atomic E-state index is 12.4. The Morgan fingerprint density at radius 3 is 2.41 bits per heavy atom. The normalized spacial score (nSPS) is 13.1. The maximum Gasteiger partial charge on any atom is 0.471 e. The van der Waals surface area contributed by atoms with Gasteiger partial charge in [-0.2, -0.15) is 18.2 Å². The van der Waals surface area contributed by atoms with Gasteiger partial charge in [0.15, 0.2) is 5.82 Å². The standard InChI is InChI=1S/C14H14F3N3O2/c1-2-8-3-5-9(6-4-8)10(12(18)21)7-11-19-13(22-20-11)14(15,16)17/h3-6,10H,2,7H2,1H3,(H2,18,21). The molecule has 8 heteroatoms. The van der Waals surface area contributed by atoms with Gasteiger partial charge in [-0.3, -0.25) is 4.79 Å². The average molecular weight is 313 g/mol. The minimum atomic E-state index is -4.71. The summed E-state index contributed by atoms with van der Waals surface area (Å²) in [6.07, 6.45) is -4.03. The minimum absolute atomic E-state index is 0.152. The summed E-state index contributed by atoms with van der Waals surface area (Å²) in [6.45, 7) is 1.98. The van der Waals surface area contributed by atoms with Crippen molar-refractivity contribution in [2.24, 2.45) is 5.73 Å². The van der Waals surface area contributed by atoms with E-state index in [0.29, 0.717) is 5.56 Å². The van der Waals surface area contributed by atoms with Gasteiger partial charge in [-0.1, -0.05) is 36.3 Å². The van der Waals surface area contributed by atoms with Crippen LogP contribution in [0.5, 0.6) is 0 Å². The van der Waals surface area contributed by atoms with Crippen molar-refractivity contribution < 1.29 is 22.5 Å². The van der Waals surface area contributed by atoms with E-state index in [4.69, 9.17) is 5.73 Å². The van der Waals surface area contributed by atoms with Crippen molar-refractivity contribution in [3.05, 3.63) is 47.1 Å². The van der Waals surface area contributed by atoms with Gasteiger partial charge in [0.1, 0.15) is 0 Å². The molecule has 0 aliphatic rings. The van der Waals surface area contributed by atoms with Crippen LogP contribution in [0, 0.1) is 0 Å². The fourth-order valence-electron chi connectivity index (χ4n) is 2.00. The van der Waals surface area contributed by atoms with Crippen molar-refractivity contribution in [2.45, 2.75) is 31.9 Å². The highest BCUT2D eigenvalue weighted by atomic mass is 19.4. The number of nitrogens with two attached hydrogens (primary N) is 1. The van der Waals surface area contributed by atoms with Crippen LogP contribution < -0.4 is 5.73 Å². The van der Waals surface area contributed by atoms with E-state index in [0.717, 1.165) is 12.0 Å². The smallest absolute Gasteiger partial charge is 0.369 e. The number of carbonyl (C=O) groups excluding carboxylic acids is 1. The van der Waals surface area contributed by atoms with Crippen LogP contribution in [0.1, 0.15) is 35.7 Å². The van der Waals surface area contributed by atoms with Gasteiger partial charge in [-0.15, -0.1) is 0 Å². The molecule has 1 unspecified atom stereocenters. The Balaban J connectivity index is 2.21. The number of aromatic nitrogens is 2. The van der Waals surface area contributed by atoms with E-state index in [1.165, 1.54) is 0 Å². The second kappa shape index (κ2) is 6.17. The van der Waals surface area contributed by atoms with Crippen LogP contribution in [0.4, 0.5) is 13.2 Å². The first-order valence-corrected chi connectivity index (χ1v) is 6.59. The molecule has 0 bridgehead atoms. The molecule has 1 atom stereocenters. The zero-order valence-electron chi connectivity index (χ0n) is 11.7. The highest BCUT2D eigenvalue weighted by molar-refractivity contribution is 5.82. The number of benzene rings is 1. The summed E-state index contributed by atoms with van der Waals surface area (Å²) in [4.78, 5) is 14.8. The molecule has 1 aromatic heterocycles. The molecule has 22 heavy (non-hydrogen) atoms. The van der Waals surface area contributed by atoms with Gasteiger partial charge < -0.3 is 10.3 Å². The third-order valence-corrected chi connectivity index (χ3v) is 3.23. The lowest BCUT2D eigenvalue weighted by atomic mass is 9.93. The zero-order valence-corrected chi connectivity index (χ0v) is 11.7. The molecule has 1 heterocycles. The van der Waals surface area contributed by atoms with Gasteiger partial charge in [0.25, 0.3) is 0 Å². The van der Waals surface area contributed by atoms with Gasteiger partial charge in [0.2, 0.25) is 5.91 Å². The van der Waals surface area contributed by atoms with Crippen molar-refractivity contribution in [2.75, 3.05) is 0 Å². The topological polar surface area (TPSA) is 82.0 Å². The van der Waals surface area contributed by atoms with Crippen molar-refractivity contribution >= 4 is 5.91 Å². The average Bonchev–Trinajstić information content (AvgIpc) is 2.93. The van der Waals surface area contributed by atoms with E-state index in [1.807, 2.05) is 19.1 Å². The molecular weight excluding hydrogens is 299 g/mol. The number of primary amides is 1. The third-order valence-electron chi connectivity index (χ3n) is 3.23. The highest BCUT2D eigenvalue weighted by Crippen LogP contribution is 2.28. The predicted molar refractivity (Wildman–Crippen MR) is 70.8 cm³/mol. The van der Waals surface area contributed by atoms with Crippen molar-refractivity contribution in [3.63, 3.8) is 0 Å². The number of hydrogen-bond acceptors (Lipinski definition) is 4. The molecule has 2 rings (SSSR count).